The molecule has 1 aromatic rings. The van der Waals surface area contributed by atoms with E-state index in [9.17, 15) is 5.11 Å². The van der Waals surface area contributed by atoms with E-state index in [0.29, 0.717) is 6.04 Å². The number of halogens is 1. The van der Waals surface area contributed by atoms with Crippen LogP contribution < -0.4 is 0 Å². The first-order chi connectivity index (χ1) is 6.66. The Kier molecular flexibility index (Phi) is 2.77. The maximum atomic E-state index is 9.20. The summed E-state index contributed by atoms with van der Waals surface area (Å²) in [7, 11) is 0. The molecule has 1 saturated heterocycles. The van der Waals surface area contributed by atoms with Gasteiger partial charge in [0.15, 0.2) is 0 Å². The highest BCUT2D eigenvalue weighted by atomic mass is 35.5. The quantitative estimate of drug-likeness (QED) is 0.810. The Morgan fingerprint density at radius 2 is 2.21 bits per heavy atom. The summed E-state index contributed by atoms with van der Waals surface area (Å²) in [5, 5.41) is 9.97. The number of likely N-dealkylation sites (tertiary alicyclic amines) is 1. The summed E-state index contributed by atoms with van der Waals surface area (Å²) in [5.74, 6) is 0. The molecular formula is C11H14ClNO. The SMILES string of the molecule is C[C@@H](c1cccc(Cl)c1)N1CC(O)C1. The first-order valence-corrected chi connectivity index (χ1v) is 5.22. The van der Waals surface area contributed by atoms with E-state index in [1.54, 1.807) is 0 Å². The molecule has 0 aromatic heterocycles. The van der Waals surface area contributed by atoms with Gasteiger partial charge in [-0.3, -0.25) is 4.90 Å². The molecule has 0 amide bonds. The molecule has 1 atom stereocenters. The van der Waals surface area contributed by atoms with E-state index < -0.39 is 0 Å². The number of β-amino-alcohol motifs (C(OH)–C–C–N with tert-alkyl or cyclic N) is 1. The second kappa shape index (κ2) is 3.89. The molecule has 1 heterocycles. The van der Waals surface area contributed by atoms with Crippen LogP contribution >= 0.6 is 11.6 Å². The Morgan fingerprint density at radius 3 is 2.79 bits per heavy atom. The molecule has 0 radical (unpaired) electrons. The molecule has 0 spiro atoms. The first-order valence-electron chi connectivity index (χ1n) is 4.84. The van der Waals surface area contributed by atoms with Crippen LogP contribution in [0.3, 0.4) is 0 Å². The van der Waals surface area contributed by atoms with E-state index in [1.165, 1.54) is 5.56 Å². The van der Waals surface area contributed by atoms with Crippen LogP contribution in [0.5, 0.6) is 0 Å². The molecule has 0 bridgehead atoms. The molecule has 0 saturated carbocycles. The van der Waals surface area contributed by atoms with E-state index in [1.807, 2.05) is 18.2 Å². The van der Waals surface area contributed by atoms with Gasteiger partial charge in [-0.15, -0.1) is 0 Å². The molecule has 2 rings (SSSR count). The molecule has 1 fully saturated rings. The van der Waals surface area contributed by atoms with E-state index in [2.05, 4.69) is 17.9 Å². The summed E-state index contributed by atoms with van der Waals surface area (Å²) in [6.07, 6.45) is -0.142. The van der Waals surface area contributed by atoms with Gasteiger partial charge in [0.2, 0.25) is 0 Å². The molecule has 14 heavy (non-hydrogen) atoms. The predicted molar refractivity (Wildman–Crippen MR) is 57.4 cm³/mol. The van der Waals surface area contributed by atoms with E-state index in [-0.39, 0.29) is 6.10 Å². The van der Waals surface area contributed by atoms with Gasteiger partial charge in [0.05, 0.1) is 6.10 Å². The monoisotopic (exact) mass is 211 g/mol. The second-order valence-corrected chi connectivity index (χ2v) is 4.28. The van der Waals surface area contributed by atoms with Crippen molar-refractivity contribution in [3.05, 3.63) is 34.9 Å². The average Bonchev–Trinajstić information content (AvgIpc) is 2.12. The Balaban J connectivity index is 2.07. The fraction of sp³-hybridized carbons (Fsp3) is 0.455. The molecule has 1 aromatic carbocycles. The van der Waals surface area contributed by atoms with Gasteiger partial charge in [-0.05, 0) is 24.6 Å². The minimum atomic E-state index is -0.142. The van der Waals surface area contributed by atoms with Crippen molar-refractivity contribution in [2.75, 3.05) is 13.1 Å². The molecular weight excluding hydrogens is 198 g/mol. The van der Waals surface area contributed by atoms with Crippen molar-refractivity contribution >= 4 is 11.6 Å². The van der Waals surface area contributed by atoms with Crippen molar-refractivity contribution < 1.29 is 5.11 Å². The van der Waals surface area contributed by atoms with Crippen molar-refractivity contribution in [1.82, 2.24) is 4.90 Å². The molecule has 76 valence electrons. The number of aliphatic hydroxyl groups is 1. The molecule has 2 nitrogen and oxygen atoms in total. The van der Waals surface area contributed by atoms with Crippen LogP contribution in [0, 0.1) is 0 Å². The van der Waals surface area contributed by atoms with Crippen LogP contribution in [0.1, 0.15) is 18.5 Å². The lowest BCUT2D eigenvalue weighted by molar-refractivity contribution is -0.0211. The largest absolute Gasteiger partial charge is 0.390 e. The van der Waals surface area contributed by atoms with Gasteiger partial charge in [0.1, 0.15) is 0 Å². The third kappa shape index (κ3) is 1.92. The number of aliphatic hydroxyl groups excluding tert-OH is 1. The van der Waals surface area contributed by atoms with Crippen LogP contribution in [0.2, 0.25) is 5.02 Å². The Morgan fingerprint density at radius 1 is 1.50 bits per heavy atom. The Bertz CT molecular complexity index is 323. The fourth-order valence-electron chi connectivity index (χ4n) is 1.78. The van der Waals surface area contributed by atoms with E-state index >= 15 is 0 Å². The lowest BCUT2D eigenvalue weighted by atomic mass is 10.0. The highest BCUT2D eigenvalue weighted by molar-refractivity contribution is 6.30. The van der Waals surface area contributed by atoms with Crippen LogP contribution in [0.4, 0.5) is 0 Å². The highest BCUT2D eigenvalue weighted by Crippen LogP contribution is 2.26. The molecule has 0 aliphatic carbocycles. The summed E-state index contributed by atoms with van der Waals surface area (Å²) >= 11 is 5.92. The van der Waals surface area contributed by atoms with Gasteiger partial charge in [-0.1, -0.05) is 23.7 Å². The van der Waals surface area contributed by atoms with Gasteiger partial charge in [-0.25, -0.2) is 0 Å². The zero-order valence-electron chi connectivity index (χ0n) is 8.15. The van der Waals surface area contributed by atoms with Crippen LogP contribution in [-0.4, -0.2) is 29.2 Å². The zero-order valence-corrected chi connectivity index (χ0v) is 8.91. The second-order valence-electron chi connectivity index (χ2n) is 3.84. The summed E-state index contributed by atoms with van der Waals surface area (Å²) in [4.78, 5) is 2.23. The standard InChI is InChI=1S/C11H14ClNO/c1-8(13-6-11(14)7-13)9-3-2-4-10(12)5-9/h2-5,8,11,14H,6-7H2,1H3/t8-/m0/s1. The summed E-state index contributed by atoms with van der Waals surface area (Å²) in [6, 6.07) is 8.24. The number of hydrogen-bond acceptors (Lipinski definition) is 2. The van der Waals surface area contributed by atoms with Gasteiger partial charge < -0.3 is 5.11 Å². The van der Waals surface area contributed by atoms with Gasteiger partial charge in [-0.2, -0.15) is 0 Å². The maximum Gasteiger partial charge on any atom is 0.0794 e. The van der Waals surface area contributed by atoms with E-state index in [0.717, 1.165) is 18.1 Å². The molecule has 1 N–H and O–H groups in total. The summed E-state index contributed by atoms with van der Waals surface area (Å²) < 4.78 is 0. The van der Waals surface area contributed by atoms with Crippen LogP contribution in [0.15, 0.2) is 24.3 Å². The molecule has 0 unspecified atom stereocenters. The zero-order chi connectivity index (χ0) is 10.1. The lowest BCUT2D eigenvalue weighted by Gasteiger charge is -2.40. The maximum absolute atomic E-state index is 9.20. The summed E-state index contributed by atoms with van der Waals surface area (Å²) in [5.41, 5.74) is 1.21. The van der Waals surface area contributed by atoms with Gasteiger partial charge >= 0.3 is 0 Å². The number of rotatable bonds is 2. The van der Waals surface area contributed by atoms with Gasteiger partial charge in [0, 0.05) is 24.2 Å². The van der Waals surface area contributed by atoms with Crippen molar-refractivity contribution in [2.24, 2.45) is 0 Å². The third-order valence-electron chi connectivity index (χ3n) is 2.77. The molecule has 1 aliphatic rings. The number of hydrogen-bond donors (Lipinski definition) is 1. The van der Waals surface area contributed by atoms with Crippen molar-refractivity contribution in [1.29, 1.82) is 0 Å². The van der Waals surface area contributed by atoms with Crippen molar-refractivity contribution in [2.45, 2.75) is 19.1 Å². The molecule has 3 heteroatoms. The van der Waals surface area contributed by atoms with E-state index in [4.69, 9.17) is 11.6 Å². The average molecular weight is 212 g/mol. The first kappa shape index (κ1) is 9.97. The smallest absolute Gasteiger partial charge is 0.0794 e. The minimum Gasteiger partial charge on any atom is -0.390 e. The third-order valence-corrected chi connectivity index (χ3v) is 3.00. The number of nitrogens with zero attached hydrogens (tertiary/aromatic N) is 1. The van der Waals surface area contributed by atoms with Crippen molar-refractivity contribution in [3.63, 3.8) is 0 Å². The topological polar surface area (TPSA) is 23.5 Å². The fourth-order valence-corrected chi connectivity index (χ4v) is 1.98. The Hall–Kier alpha value is -0.570. The normalized spacial score (nSPS) is 20.5. The van der Waals surface area contributed by atoms with Crippen LogP contribution in [0.25, 0.3) is 0 Å². The molecule has 1 aliphatic heterocycles. The highest BCUT2D eigenvalue weighted by Gasteiger charge is 2.28. The van der Waals surface area contributed by atoms with Gasteiger partial charge in [0.25, 0.3) is 0 Å². The lowest BCUT2D eigenvalue weighted by Crippen LogP contribution is -2.51. The number of benzene rings is 1. The Labute approximate surface area is 89.1 Å². The predicted octanol–water partition coefficient (Wildman–Crippen LogP) is 2.08. The minimum absolute atomic E-state index is 0.142. The van der Waals surface area contributed by atoms with Crippen LogP contribution in [-0.2, 0) is 0 Å². The summed E-state index contributed by atoms with van der Waals surface area (Å²) in [6.45, 7) is 3.68. The van der Waals surface area contributed by atoms with Crippen molar-refractivity contribution in [3.8, 4) is 0 Å².